The van der Waals surface area contributed by atoms with Gasteiger partial charge in [0.15, 0.2) is 0 Å². The first-order valence-corrected chi connectivity index (χ1v) is 13.1. The predicted molar refractivity (Wildman–Crippen MR) is 143 cm³/mol. The van der Waals surface area contributed by atoms with E-state index < -0.39 is 11.6 Å². The maximum atomic E-state index is 13.7. The van der Waals surface area contributed by atoms with Gasteiger partial charge in [0.05, 0.1) is 0 Å². The number of benzene rings is 2. The van der Waals surface area contributed by atoms with E-state index >= 15 is 0 Å². The van der Waals surface area contributed by atoms with E-state index in [1.165, 1.54) is 29.8 Å². The molecule has 6 heteroatoms. The Bertz CT molecular complexity index is 1200. The molecular formula is C30H30F2N2OS. The molecule has 3 N–H and O–H groups in total. The van der Waals surface area contributed by atoms with Crippen LogP contribution in [0.1, 0.15) is 30.9 Å². The minimum atomic E-state index is -0.916. The Kier molecular flexibility index (Phi) is 7.02. The van der Waals surface area contributed by atoms with Crippen LogP contribution >= 0.6 is 11.8 Å². The highest BCUT2D eigenvalue weighted by molar-refractivity contribution is 8.02. The smallest absolute Gasteiger partial charge is 0.131 e. The SMILES string of the molecule is CC(C)(C(O)NC1NC(C2=CC=CC3C=CC=CC23)=CS1)C(c1ccc(F)cc1)c1ccc(F)cc1. The molecule has 0 radical (unpaired) electrons. The van der Waals surface area contributed by atoms with Crippen molar-refractivity contribution in [3.8, 4) is 0 Å². The largest absolute Gasteiger partial charge is 0.378 e. The fourth-order valence-electron chi connectivity index (χ4n) is 5.24. The van der Waals surface area contributed by atoms with Crippen LogP contribution in [0.4, 0.5) is 8.78 Å². The minimum absolute atomic E-state index is 0.218. The van der Waals surface area contributed by atoms with Crippen LogP contribution in [0.25, 0.3) is 0 Å². The van der Waals surface area contributed by atoms with Gasteiger partial charge in [-0.15, -0.1) is 0 Å². The van der Waals surface area contributed by atoms with Crippen molar-refractivity contribution in [2.24, 2.45) is 17.3 Å². The van der Waals surface area contributed by atoms with E-state index in [9.17, 15) is 13.9 Å². The van der Waals surface area contributed by atoms with Crippen LogP contribution in [0.2, 0.25) is 0 Å². The summed E-state index contributed by atoms with van der Waals surface area (Å²) in [5, 5.41) is 20.4. The molecule has 0 saturated heterocycles. The molecule has 0 aromatic heterocycles. The van der Waals surface area contributed by atoms with E-state index in [0.717, 1.165) is 16.8 Å². The summed E-state index contributed by atoms with van der Waals surface area (Å²) in [4.78, 5) is 0. The van der Waals surface area contributed by atoms with Crippen LogP contribution in [0.15, 0.2) is 108 Å². The molecule has 3 aliphatic rings. The summed E-state index contributed by atoms with van der Waals surface area (Å²) in [6, 6.07) is 12.6. The molecule has 0 amide bonds. The van der Waals surface area contributed by atoms with Gasteiger partial charge in [-0.25, -0.2) is 8.78 Å². The van der Waals surface area contributed by atoms with Crippen molar-refractivity contribution in [2.75, 3.05) is 0 Å². The Morgan fingerprint density at radius 1 is 0.889 bits per heavy atom. The van der Waals surface area contributed by atoms with Gasteiger partial charge in [0.25, 0.3) is 0 Å². The number of thioether (sulfide) groups is 1. The molecule has 2 aromatic rings. The fourth-order valence-corrected chi connectivity index (χ4v) is 6.12. The van der Waals surface area contributed by atoms with Crippen LogP contribution in [0.5, 0.6) is 0 Å². The molecule has 0 spiro atoms. The molecule has 0 saturated carbocycles. The first kappa shape index (κ1) is 24.8. The van der Waals surface area contributed by atoms with Gasteiger partial charge in [-0.3, -0.25) is 5.32 Å². The van der Waals surface area contributed by atoms with Crippen molar-refractivity contribution >= 4 is 11.8 Å². The topological polar surface area (TPSA) is 44.3 Å². The van der Waals surface area contributed by atoms with Gasteiger partial charge in [0, 0.05) is 28.9 Å². The number of nitrogens with one attached hydrogen (secondary N) is 2. The normalized spacial score (nSPS) is 23.8. The molecule has 186 valence electrons. The monoisotopic (exact) mass is 504 g/mol. The van der Waals surface area contributed by atoms with Gasteiger partial charge in [-0.05, 0) is 46.4 Å². The Morgan fingerprint density at radius 3 is 2.11 bits per heavy atom. The number of halogens is 2. The Balaban J connectivity index is 1.33. The number of aliphatic hydroxyl groups excluding tert-OH is 1. The Hall–Kier alpha value is -2.93. The molecule has 2 aromatic carbocycles. The van der Waals surface area contributed by atoms with Crippen LogP contribution in [-0.4, -0.2) is 16.8 Å². The maximum Gasteiger partial charge on any atom is 0.131 e. The zero-order valence-corrected chi connectivity index (χ0v) is 21.1. The lowest BCUT2D eigenvalue weighted by atomic mass is 9.70. The summed E-state index contributed by atoms with van der Waals surface area (Å²) >= 11 is 1.58. The molecule has 3 nitrogen and oxygen atoms in total. The van der Waals surface area contributed by atoms with E-state index in [0.29, 0.717) is 11.8 Å². The number of hydrogen-bond donors (Lipinski definition) is 3. The number of aliphatic hydroxyl groups is 1. The molecule has 36 heavy (non-hydrogen) atoms. The summed E-state index contributed by atoms with van der Waals surface area (Å²) in [5.41, 5.74) is 3.04. The third kappa shape index (κ3) is 4.99. The van der Waals surface area contributed by atoms with Gasteiger partial charge in [0.2, 0.25) is 0 Å². The van der Waals surface area contributed by atoms with E-state index in [-0.39, 0.29) is 23.1 Å². The molecule has 1 aliphatic heterocycles. The van der Waals surface area contributed by atoms with Crippen molar-refractivity contribution in [1.82, 2.24) is 10.6 Å². The summed E-state index contributed by atoms with van der Waals surface area (Å²) in [5.74, 6) is -0.301. The summed E-state index contributed by atoms with van der Waals surface area (Å²) in [7, 11) is 0. The second-order valence-corrected chi connectivity index (χ2v) is 11.0. The number of hydrogen-bond acceptors (Lipinski definition) is 4. The van der Waals surface area contributed by atoms with Crippen molar-refractivity contribution in [1.29, 1.82) is 0 Å². The molecule has 4 unspecified atom stereocenters. The van der Waals surface area contributed by atoms with Gasteiger partial charge in [-0.1, -0.05) is 92.4 Å². The zero-order valence-electron chi connectivity index (χ0n) is 20.2. The third-order valence-corrected chi connectivity index (χ3v) is 8.13. The molecule has 0 bridgehead atoms. The lowest BCUT2D eigenvalue weighted by Crippen LogP contribution is -2.51. The molecule has 2 aliphatic carbocycles. The van der Waals surface area contributed by atoms with Gasteiger partial charge in [-0.2, -0.15) is 0 Å². The highest BCUT2D eigenvalue weighted by Gasteiger charge is 2.40. The lowest BCUT2D eigenvalue weighted by Gasteiger charge is -2.40. The average Bonchev–Trinajstić information content (AvgIpc) is 3.34. The number of rotatable bonds is 7. The number of fused-ring (bicyclic) bond motifs is 1. The Labute approximate surface area is 215 Å². The van der Waals surface area contributed by atoms with Crippen molar-refractivity contribution < 1.29 is 13.9 Å². The zero-order chi connectivity index (χ0) is 25.3. The predicted octanol–water partition coefficient (Wildman–Crippen LogP) is 6.35. The summed E-state index contributed by atoms with van der Waals surface area (Å²) in [6.45, 7) is 3.93. The van der Waals surface area contributed by atoms with Crippen LogP contribution < -0.4 is 10.6 Å². The minimum Gasteiger partial charge on any atom is -0.378 e. The molecule has 4 atom stereocenters. The van der Waals surface area contributed by atoms with E-state index in [4.69, 9.17) is 0 Å². The van der Waals surface area contributed by atoms with Crippen molar-refractivity contribution in [3.63, 3.8) is 0 Å². The molecular weight excluding hydrogens is 474 g/mol. The van der Waals surface area contributed by atoms with E-state index in [1.807, 2.05) is 13.8 Å². The quantitative estimate of drug-likeness (QED) is 0.385. The highest BCUT2D eigenvalue weighted by Crippen LogP contribution is 2.44. The lowest BCUT2D eigenvalue weighted by molar-refractivity contribution is 0.00777. The van der Waals surface area contributed by atoms with Crippen molar-refractivity contribution in [2.45, 2.75) is 31.5 Å². The van der Waals surface area contributed by atoms with Gasteiger partial charge in [0.1, 0.15) is 23.4 Å². The standard InChI is InChI=1S/C30H30F2N2OS/c1-30(2,27(20-10-14-22(31)15-11-20)21-12-16-23(32)17-13-21)28(35)34-29-33-26(18-36-29)25-9-5-7-19-6-3-4-8-24(19)25/h3-19,24,27-29,33-35H,1-2H3. The van der Waals surface area contributed by atoms with Crippen molar-refractivity contribution in [3.05, 3.63) is 131 Å². The van der Waals surface area contributed by atoms with E-state index in [2.05, 4.69) is 58.6 Å². The highest BCUT2D eigenvalue weighted by atomic mass is 32.2. The summed E-state index contributed by atoms with van der Waals surface area (Å²) in [6.07, 6.45) is 14.1. The van der Waals surface area contributed by atoms with Crippen LogP contribution in [0, 0.1) is 28.9 Å². The maximum absolute atomic E-state index is 13.7. The van der Waals surface area contributed by atoms with Gasteiger partial charge >= 0.3 is 0 Å². The second kappa shape index (κ2) is 10.2. The fraction of sp³-hybridized carbons (Fsp3) is 0.267. The summed E-state index contributed by atoms with van der Waals surface area (Å²) < 4.78 is 27.4. The van der Waals surface area contributed by atoms with E-state index in [1.54, 1.807) is 36.0 Å². The number of allylic oxidation sites excluding steroid dienone is 8. The third-order valence-electron chi connectivity index (χ3n) is 7.23. The molecule has 5 rings (SSSR count). The second-order valence-electron chi connectivity index (χ2n) is 10.00. The molecule has 1 heterocycles. The Morgan fingerprint density at radius 2 is 1.47 bits per heavy atom. The van der Waals surface area contributed by atoms with Gasteiger partial charge < -0.3 is 10.4 Å². The first-order valence-electron chi connectivity index (χ1n) is 12.1. The van der Waals surface area contributed by atoms with Crippen LogP contribution in [-0.2, 0) is 0 Å². The van der Waals surface area contributed by atoms with Crippen LogP contribution in [0.3, 0.4) is 0 Å². The molecule has 0 fully saturated rings. The first-order chi connectivity index (χ1) is 17.3. The average molecular weight is 505 g/mol.